The molecule has 0 N–H and O–H groups in total. The normalized spacial score (nSPS) is 14.1. The van der Waals surface area contributed by atoms with Crippen LogP contribution < -0.4 is 4.74 Å². The van der Waals surface area contributed by atoms with Gasteiger partial charge in [-0.2, -0.15) is 0 Å². The number of carbonyl (C=O) groups is 2. The van der Waals surface area contributed by atoms with Crippen molar-refractivity contribution in [2.75, 3.05) is 20.2 Å². The fraction of sp³-hybridized carbons (Fsp3) is 0.667. The molecule has 1 amide bonds. The van der Waals surface area contributed by atoms with Crippen LogP contribution in [0.3, 0.4) is 0 Å². The Kier molecular flexibility index (Phi) is 13.1. The molecule has 7 heteroatoms. The number of hydrogen-bond acceptors (Lipinski definition) is 6. The first kappa shape index (κ1) is 33.8. The van der Waals surface area contributed by atoms with Gasteiger partial charge in [0.2, 0.25) is 5.88 Å². The number of ether oxygens (including phenoxy) is 2. The lowest BCUT2D eigenvalue weighted by atomic mass is 9.91. The predicted octanol–water partition coefficient (Wildman–Crippen LogP) is 8.31. The third-order valence-electron chi connectivity index (χ3n) is 7.40. The number of likely N-dealkylation sites (tertiary alicyclic amines) is 1. The van der Waals surface area contributed by atoms with Crippen LogP contribution in [0.5, 0.6) is 5.88 Å². The van der Waals surface area contributed by atoms with Crippen LogP contribution >= 0.6 is 11.3 Å². The summed E-state index contributed by atoms with van der Waals surface area (Å²) < 4.78 is 10.7. The number of nitrogens with zero attached hydrogens (tertiary/aromatic N) is 2. The molecule has 1 aliphatic heterocycles. The SMILES string of the molecule is CCc1c(C)cc(C)nc1OC.Cc1c(CC2CCN(C(=O)OC(C)(C)C)CC2)sc(CCCC(C)C)c1C=O. The molecule has 40 heavy (non-hydrogen) atoms. The zero-order chi connectivity index (χ0) is 30.0. The highest BCUT2D eigenvalue weighted by molar-refractivity contribution is 7.12. The van der Waals surface area contributed by atoms with E-state index < -0.39 is 5.60 Å². The van der Waals surface area contributed by atoms with Crippen LogP contribution in [-0.4, -0.2) is 48.1 Å². The summed E-state index contributed by atoms with van der Waals surface area (Å²) >= 11 is 1.83. The highest BCUT2D eigenvalue weighted by atomic mass is 32.1. The number of pyridine rings is 1. The van der Waals surface area contributed by atoms with Gasteiger partial charge in [-0.3, -0.25) is 4.79 Å². The van der Waals surface area contributed by atoms with E-state index in [9.17, 15) is 9.59 Å². The van der Waals surface area contributed by atoms with Crippen LogP contribution in [0.15, 0.2) is 6.07 Å². The summed E-state index contributed by atoms with van der Waals surface area (Å²) in [7, 11) is 1.67. The first-order valence-electron chi connectivity index (χ1n) is 14.8. The third kappa shape index (κ3) is 10.2. The van der Waals surface area contributed by atoms with Crippen molar-refractivity contribution in [3.05, 3.63) is 43.8 Å². The molecule has 2 aromatic rings. The van der Waals surface area contributed by atoms with Gasteiger partial charge in [0.1, 0.15) is 5.60 Å². The number of piperidine rings is 1. The van der Waals surface area contributed by atoms with Gasteiger partial charge in [-0.15, -0.1) is 11.3 Å². The van der Waals surface area contributed by atoms with Gasteiger partial charge < -0.3 is 14.4 Å². The van der Waals surface area contributed by atoms with E-state index >= 15 is 0 Å². The summed E-state index contributed by atoms with van der Waals surface area (Å²) in [6.45, 7) is 20.0. The van der Waals surface area contributed by atoms with Crippen molar-refractivity contribution in [2.45, 2.75) is 113 Å². The number of rotatable bonds is 9. The minimum atomic E-state index is -0.445. The van der Waals surface area contributed by atoms with Gasteiger partial charge in [-0.05, 0) is 109 Å². The Hall–Kier alpha value is -2.41. The Bertz CT molecular complexity index is 1110. The van der Waals surface area contributed by atoms with E-state index in [1.807, 2.05) is 43.9 Å². The van der Waals surface area contributed by atoms with E-state index in [1.54, 1.807) is 7.11 Å². The number of aryl methyl sites for hydroxylation is 3. The summed E-state index contributed by atoms with van der Waals surface area (Å²) in [5, 5.41) is 0. The van der Waals surface area contributed by atoms with Crippen LogP contribution in [0.1, 0.15) is 110 Å². The van der Waals surface area contributed by atoms with Gasteiger partial charge in [-0.1, -0.05) is 27.2 Å². The Balaban J connectivity index is 0.000000389. The van der Waals surface area contributed by atoms with E-state index in [2.05, 4.69) is 45.7 Å². The van der Waals surface area contributed by atoms with Crippen LogP contribution in [0, 0.1) is 32.6 Å². The quantitative estimate of drug-likeness (QED) is 0.283. The Morgan fingerprint density at radius 3 is 2.35 bits per heavy atom. The van der Waals surface area contributed by atoms with Gasteiger partial charge in [0.25, 0.3) is 0 Å². The number of aldehydes is 1. The van der Waals surface area contributed by atoms with Crippen LogP contribution in [-0.2, 0) is 24.0 Å². The average molecular weight is 573 g/mol. The highest BCUT2D eigenvalue weighted by Gasteiger charge is 2.28. The fourth-order valence-corrected chi connectivity index (χ4v) is 6.62. The van der Waals surface area contributed by atoms with Crippen molar-refractivity contribution in [2.24, 2.45) is 11.8 Å². The molecule has 0 radical (unpaired) electrons. The second-order valence-corrected chi connectivity index (χ2v) is 13.6. The molecule has 0 unspecified atom stereocenters. The summed E-state index contributed by atoms with van der Waals surface area (Å²) in [5.41, 5.74) is 5.15. The fourth-order valence-electron chi connectivity index (χ4n) is 5.18. The summed E-state index contributed by atoms with van der Waals surface area (Å²) in [5.74, 6) is 2.05. The van der Waals surface area contributed by atoms with E-state index in [0.717, 1.165) is 75.0 Å². The molecule has 0 aromatic carbocycles. The minimum Gasteiger partial charge on any atom is -0.481 e. The van der Waals surface area contributed by atoms with E-state index in [-0.39, 0.29) is 6.09 Å². The molecule has 1 saturated heterocycles. The maximum Gasteiger partial charge on any atom is 0.410 e. The van der Waals surface area contributed by atoms with Gasteiger partial charge in [0.05, 0.1) is 7.11 Å². The second-order valence-electron chi connectivity index (χ2n) is 12.4. The molecule has 0 aliphatic carbocycles. The molecule has 6 nitrogen and oxygen atoms in total. The molecule has 1 aliphatic rings. The van der Waals surface area contributed by atoms with Crippen LogP contribution in [0.4, 0.5) is 4.79 Å². The lowest BCUT2D eigenvalue weighted by Gasteiger charge is -2.33. The number of hydrogen-bond donors (Lipinski definition) is 0. The molecule has 0 saturated carbocycles. The molecule has 0 atom stereocenters. The zero-order valence-electron chi connectivity index (χ0n) is 26.6. The molecule has 0 bridgehead atoms. The Morgan fingerprint density at radius 2 is 1.82 bits per heavy atom. The number of thiophene rings is 1. The summed E-state index contributed by atoms with van der Waals surface area (Å²) in [6.07, 6.45) is 8.19. The molecule has 1 fully saturated rings. The van der Waals surface area contributed by atoms with Gasteiger partial charge in [0, 0.05) is 39.7 Å². The molecular formula is C33H52N2O4S. The first-order chi connectivity index (χ1) is 18.8. The van der Waals surface area contributed by atoms with Crippen molar-refractivity contribution in [1.29, 1.82) is 0 Å². The third-order valence-corrected chi connectivity index (χ3v) is 8.79. The molecule has 224 valence electrons. The molecule has 3 rings (SSSR count). The van der Waals surface area contributed by atoms with Crippen molar-refractivity contribution in [3.8, 4) is 5.88 Å². The highest BCUT2D eigenvalue weighted by Crippen LogP contribution is 2.33. The standard InChI is InChI=1S/C23H37NO3S.C10H15NO/c1-16(2)8-7-9-20-19(15-25)17(3)21(28-20)14-18-10-12-24(13-11-18)22(26)27-23(4,5)6;1-5-9-7(2)6-8(3)11-10(9)12-4/h15-16,18H,7-14H2,1-6H3;6H,5H2,1-4H3. The maximum absolute atomic E-state index is 12.2. The minimum absolute atomic E-state index is 0.200. The Labute approximate surface area is 246 Å². The summed E-state index contributed by atoms with van der Waals surface area (Å²) in [4.78, 5) is 32.6. The lowest BCUT2D eigenvalue weighted by Crippen LogP contribution is -2.42. The van der Waals surface area contributed by atoms with E-state index in [4.69, 9.17) is 9.47 Å². The number of aromatic nitrogens is 1. The van der Waals surface area contributed by atoms with Crippen molar-refractivity contribution in [1.82, 2.24) is 9.88 Å². The molecule has 2 aromatic heterocycles. The van der Waals surface area contributed by atoms with Crippen molar-refractivity contribution < 1.29 is 19.1 Å². The average Bonchev–Trinajstić information content (AvgIpc) is 3.16. The molecule has 3 heterocycles. The van der Waals surface area contributed by atoms with Gasteiger partial charge in [-0.25, -0.2) is 9.78 Å². The number of amides is 1. The van der Waals surface area contributed by atoms with Gasteiger partial charge >= 0.3 is 6.09 Å². The largest absolute Gasteiger partial charge is 0.481 e. The van der Waals surface area contributed by atoms with E-state index in [0.29, 0.717) is 11.8 Å². The second kappa shape index (κ2) is 15.6. The zero-order valence-corrected chi connectivity index (χ0v) is 27.4. The monoisotopic (exact) mass is 572 g/mol. The summed E-state index contributed by atoms with van der Waals surface area (Å²) in [6, 6.07) is 2.08. The smallest absolute Gasteiger partial charge is 0.410 e. The van der Waals surface area contributed by atoms with E-state index in [1.165, 1.54) is 32.9 Å². The maximum atomic E-state index is 12.2. The van der Waals surface area contributed by atoms with Crippen molar-refractivity contribution >= 4 is 23.7 Å². The first-order valence-corrected chi connectivity index (χ1v) is 15.7. The predicted molar refractivity (Wildman–Crippen MR) is 166 cm³/mol. The van der Waals surface area contributed by atoms with Gasteiger partial charge in [0.15, 0.2) is 6.29 Å². The number of methoxy groups -OCH3 is 1. The molecule has 0 spiro atoms. The topological polar surface area (TPSA) is 68.7 Å². The lowest BCUT2D eigenvalue weighted by molar-refractivity contribution is 0.0184. The van der Waals surface area contributed by atoms with Crippen LogP contribution in [0.25, 0.3) is 0 Å². The Morgan fingerprint density at radius 1 is 1.18 bits per heavy atom. The number of carbonyl (C=O) groups excluding carboxylic acids is 2. The van der Waals surface area contributed by atoms with Crippen LogP contribution in [0.2, 0.25) is 0 Å². The molecular weight excluding hydrogens is 520 g/mol. The van der Waals surface area contributed by atoms with Crippen molar-refractivity contribution in [3.63, 3.8) is 0 Å².